The summed E-state index contributed by atoms with van der Waals surface area (Å²) in [5.41, 5.74) is 0.704. The lowest BCUT2D eigenvalue weighted by Gasteiger charge is -2.29. The molecule has 1 N–H and O–H groups in total. The number of rotatable bonds is 5. The fourth-order valence-electron chi connectivity index (χ4n) is 1.77. The monoisotopic (exact) mass is 253 g/mol. The van der Waals surface area contributed by atoms with Gasteiger partial charge in [0.25, 0.3) is 0 Å². The van der Waals surface area contributed by atoms with Crippen molar-refractivity contribution in [3.05, 3.63) is 35.1 Å². The van der Waals surface area contributed by atoms with Crippen molar-refractivity contribution < 1.29 is 13.9 Å². The molecule has 1 atom stereocenters. The molecule has 100 valence electrons. The van der Waals surface area contributed by atoms with Crippen molar-refractivity contribution >= 4 is 5.97 Å². The SMILES string of the molecule is CCOC(=O)CC(C)(NC)c1ccc(C)c(F)c1. The van der Waals surface area contributed by atoms with Gasteiger partial charge in [-0.3, -0.25) is 4.79 Å². The van der Waals surface area contributed by atoms with Crippen LogP contribution in [0.3, 0.4) is 0 Å². The molecule has 0 saturated carbocycles. The predicted octanol–water partition coefficient (Wildman–Crippen LogP) is 2.52. The minimum atomic E-state index is -0.624. The summed E-state index contributed by atoms with van der Waals surface area (Å²) in [6.07, 6.45) is 0.167. The summed E-state index contributed by atoms with van der Waals surface area (Å²) in [6.45, 7) is 5.68. The molecular weight excluding hydrogens is 233 g/mol. The average Bonchev–Trinajstić information content (AvgIpc) is 2.32. The fourth-order valence-corrected chi connectivity index (χ4v) is 1.77. The Kier molecular flexibility index (Phi) is 4.84. The van der Waals surface area contributed by atoms with Crippen LogP contribution in [0.15, 0.2) is 18.2 Å². The lowest BCUT2D eigenvalue weighted by atomic mass is 9.88. The van der Waals surface area contributed by atoms with Crippen LogP contribution < -0.4 is 5.32 Å². The second-order valence-electron chi connectivity index (χ2n) is 4.53. The first-order chi connectivity index (χ1) is 8.42. The molecule has 0 spiro atoms. The van der Waals surface area contributed by atoms with Crippen molar-refractivity contribution in [2.45, 2.75) is 32.7 Å². The van der Waals surface area contributed by atoms with Crippen molar-refractivity contribution in [3.63, 3.8) is 0 Å². The molecule has 18 heavy (non-hydrogen) atoms. The van der Waals surface area contributed by atoms with Crippen LogP contribution in [0.4, 0.5) is 4.39 Å². The van der Waals surface area contributed by atoms with Crippen molar-refractivity contribution in [3.8, 4) is 0 Å². The van der Waals surface area contributed by atoms with Crippen LogP contribution in [0.25, 0.3) is 0 Å². The average molecular weight is 253 g/mol. The lowest BCUT2D eigenvalue weighted by Crippen LogP contribution is -2.39. The summed E-state index contributed by atoms with van der Waals surface area (Å²) >= 11 is 0. The highest BCUT2D eigenvalue weighted by Crippen LogP contribution is 2.26. The van der Waals surface area contributed by atoms with Gasteiger partial charge in [0.15, 0.2) is 0 Å². The van der Waals surface area contributed by atoms with Gasteiger partial charge in [0, 0.05) is 0 Å². The minimum Gasteiger partial charge on any atom is -0.466 e. The highest BCUT2D eigenvalue weighted by Gasteiger charge is 2.29. The third kappa shape index (κ3) is 3.29. The number of carbonyl (C=O) groups excluding carboxylic acids is 1. The number of benzene rings is 1. The highest BCUT2D eigenvalue weighted by atomic mass is 19.1. The van der Waals surface area contributed by atoms with E-state index in [1.807, 2.05) is 13.0 Å². The number of hydrogen-bond donors (Lipinski definition) is 1. The van der Waals surface area contributed by atoms with Gasteiger partial charge in [0.05, 0.1) is 18.6 Å². The molecule has 0 radical (unpaired) electrons. The van der Waals surface area contributed by atoms with E-state index in [2.05, 4.69) is 5.32 Å². The Morgan fingerprint density at radius 2 is 2.17 bits per heavy atom. The summed E-state index contributed by atoms with van der Waals surface area (Å²) in [6, 6.07) is 5.00. The van der Waals surface area contributed by atoms with E-state index >= 15 is 0 Å². The zero-order valence-electron chi connectivity index (χ0n) is 11.3. The zero-order chi connectivity index (χ0) is 13.8. The molecule has 0 amide bonds. The van der Waals surface area contributed by atoms with Crippen LogP contribution in [0, 0.1) is 12.7 Å². The molecule has 0 saturated heterocycles. The van der Waals surface area contributed by atoms with E-state index in [1.54, 1.807) is 27.0 Å². The quantitative estimate of drug-likeness (QED) is 0.819. The minimum absolute atomic E-state index is 0.167. The smallest absolute Gasteiger partial charge is 0.307 e. The van der Waals surface area contributed by atoms with Crippen LogP contribution >= 0.6 is 0 Å². The van der Waals surface area contributed by atoms with Crippen molar-refractivity contribution in [1.29, 1.82) is 0 Å². The van der Waals surface area contributed by atoms with Crippen LogP contribution in [0.2, 0.25) is 0 Å². The summed E-state index contributed by atoms with van der Waals surface area (Å²) in [7, 11) is 1.75. The molecule has 0 bridgehead atoms. The number of nitrogens with one attached hydrogen (secondary N) is 1. The summed E-state index contributed by atoms with van der Waals surface area (Å²) in [5.74, 6) is -0.562. The number of aryl methyl sites for hydroxylation is 1. The second kappa shape index (κ2) is 5.96. The number of carbonyl (C=O) groups is 1. The molecule has 0 aliphatic carbocycles. The number of esters is 1. The summed E-state index contributed by atoms with van der Waals surface area (Å²) < 4.78 is 18.5. The highest BCUT2D eigenvalue weighted by molar-refractivity contribution is 5.71. The van der Waals surface area contributed by atoms with Gasteiger partial charge in [0.1, 0.15) is 5.82 Å². The molecule has 0 fully saturated rings. The maximum absolute atomic E-state index is 13.6. The molecule has 1 aromatic rings. The first-order valence-corrected chi connectivity index (χ1v) is 6.04. The fraction of sp³-hybridized carbons (Fsp3) is 0.500. The van der Waals surface area contributed by atoms with Crippen molar-refractivity contribution in [2.24, 2.45) is 0 Å². The molecule has 4 heteroatoms. The second-order valence-corrected chi connectivity index (χ2v) is 4.53. The van der Waals surface area contributed by atoms with E-state index in [4.69, 9.17) is 4.74 Å². The molecule has 1 unspecified atom stereocenters. The molecular formula is C14H20FNO2. The lowest BCUT2D eigenvalue weighted by molar-refractivity contribution is -0.144. The zero-order valence-corrected chi connectivity index (χ0v) is 11.3. The number of hydrogen-bond acceptors (Lipinski definition) is 3. The molecule has 3 nitrogen and oxygen atoms in total. The van der Waals surface area contributed by atoms with E-state index in [0.29, 0.717) is 12.2 Å². The molecule has 1 rings (SSSR count). The van der Waals surface area contributed by atoms with Gasteiger partial charge in [-0.05, 0) is 45.0 Å². The molecule has 1 aromatic carbocycles. The van der Waals surface area contributed by atoms with Gasteiger partial charge in [-0.15, -0.1) is 0 Å². The first-order valence-electron chi connectivity index (χ1n) is 6.04. The van der Waals surface area contributed by atoms with Gasteiger partial charge in [-0.1, -0.05) is 12.1 Å². The summed E-state index contributed by atoms with van der Waals surface area (Å²) in [4.78, 5) is 11.6. The van der Waals surface area contributed by atoms with Crippen LogP contribution in [0.5, 0.6) is 0 Å². The van der Waals surface area contributed by atoms with Gasteiger partial charge in [-0.25, -0.2) is 4.39 Å². The molecule has 0 aliphatic rings. The van der Waals surface area contributed by atoms with Gasteiger partial charge in [0.2, 0.25) is 0 Å². The van der Waals surface area contributed by atoms with E-state index in [-0.39, 0.29) is 18.2 Å². The Morgan fingerprint density at radius 1 is 1.50 bits per heavy atom. The number of halogens is 1. The van der Waals surface area contributed by atoms with Crippen LogP contribution in [0.1, 0.15) is 31.4 Å². The number of ether oxygens (including phenoxy) is 1. The maximum Gasteiger partial charge on any atom is 0.307 e. The molecule has 0 heterocycles. The molecule has 0 aromatic heterocycles. The van der Waals surface area contributed by atoms with Gasteiger partial charge >= 0.3 is 5.97 Å². The first kappa shape index (κ1) is 14.6. The maximum atomic E-state index is 13.6. The Labute approximate surface area is 107 Å². The Bertz CT molecular complexity index is 434. The van der Waals surface area contributed by atoms with E-state index in [9.17, 15) is 9.18 Å². The van der Waals surface area contributed by atoms with E-state index in [0.717, 1.165) is 5.56 Å². The van der Waals surface area contributed by atoms with Crippen molar-refractivity contribution in [2.75, 3.05) is 13.7 Å². The Hall–Kier alpha value is -1.42. The Morgan fingerprint density at radius 3 is 2.67 bits per heavy atom. The topological polar surface area (TPSA) is 38.3 Å². The van der Waals surface area contributed by atoms with Crippen molar-refractivity contribution in [1.82, 2.24) is 5.32 Å². The largest absolute Gasteiger partial charge is 0.466 e. The van der Waals surface area contributed by atoms with E-state index in [1.165, 1.54) is 6.07 Å². The standard InChI is InChI=1S/C14H20FNO2/c1-5-18-13(17)9-14(3,16-4)11-7-6-10(2)12(15)8-11/h6-8,16H,5,9H2,1-4H3. The van der Waals surface area contributed by atoms with Crippen LogP contribution in [-0.2, 0) is 15.1 Å². The van der Waals surface area contributed by atoms with E-state index < -0.39 is 5.54 Å². The van der Waals surface area contributed by atoms with Crippen LogP contribution in [-0.4, -0.2) is 19.6 Å². The van der Waals surface area contributed by atoms with Gasteiger partial charge in [-0.2, -0.15) is 0 Å². The predicted molar refractivity (Wildman–Crippen MR) is 68.8 cm³/mol. The third-order valence-corrected chi connectivity index (χ3v) is 3.16. The Balaban J connectivity index is 2.99. The normalized spacial score (nSPS) is 14.1. The third-order valence-electron chi connectivity index (χ3n) is 3.16. The molecule has 0 aliphatic heterocycles. The summed E-state index contributed by atoms with van der Waals surface area (Å²) in [5, 5.41) is 3.06. The van der Waals surface area contributed by atoms with Gasteiger partial charge < -0.3 is 10.1 Å².